The van der Waals surface area contributed by atoms with E-state index in [1.165, 1.54) is 49.0 Å². The molecule has 1 unspecified atom stereocenters. The van der Waals surface area contributed by atoms with Gasteiger partial charge in [0.2, 0.25) is 0 Å². The number of hydrogen-bond donors (Lipinski definition) is 1. The van der Waals surface area contributed by atoms with E-state index in [2.05, 4.69) is 36.4 Å². The highest BCUT2D eigenvalue weighted by Crippen LogP contribution is 2.23. The monoisotopic (exact) mass is 261 g/mol. The quantitative estimate of drug-likeness (QED) is 0.642. The van der Waals surface area contributed by atoms with Crippen molar-refractivity contribution in [1.82, 2.24) is 0 Å². The summed E-state index contributed by atoms with van der Waals surface area (Å²) in [5, 5.41) is 0. The Bertz CT molecular complexity index is 372. The molecule has 0 fully saturated rings. The molecule has 1 aliphatic carbocycles. The van der Waals surface area contributed by atoms with E-state index < -0.39 is 0 Å². The summed E-state index contributed by atoms with van der Waals surface area (Å²) in [5.41, 5.74) is 7.81. The molecule has 98 valence electrons. The molecular weight excluding hydrogens is 238 g/mol. The first-order chi connectivity index (χ1) is 8.86. The number of benzene rings is 1. The molecule has 2 rings (SSSR count). The zero-order valence-corrected chi connectivity index (χ0v) is 11.8. The van der Waals surface area contributed by atoms with Crippen LogP contribution in [0.1, 0.15) is 38.5 Å². The molecule has 0 aliphatic heterocycles. The highest BCUT2D eigenvalue weighted by Gasteiger charge is 2.11. The molecule has 1 nitrogen and oxygen atoms in total. The molecule has 0 radical (unpaired) electrons. The summed E-state index contributed by atoms with van der Waals surface area (Å²) < 4.78 is 0. The maximum Gasteiger partial charge on any atom is 0.0349 e. The maximum absolute atomic E-state index is 6.33. The average molecular weight is 261 g/mol. The van der Waals surface area contributed by atoms with Gasteiger partial charge < -0.3 is 5.73 Å². The Hall–Kier alpha value is -0.730. The molecule has 0 amide bonds. The minimum atomic E-state index is 0.230. The van der Waals surface area contributed by atoms with Gasteiger partial charge in [-0.1, -0.05) is 42.7 Å². The van der Waals surface area contributed by atoms with E-state index in [-0.39, 0.29) is 6.04 Å². The van der Waals surface area contributed by atoms with Gasteiger partial charge in [0.15, 0.2) is 0 Å². The summed E-state index contributed by atoms with van der Waals surface area (Å²) in [5.74, 6) is 0.996. The second-order valence-electron chi connectivity index (χ2n) is 4.96. The Morgan fingerprint density at radius 1 is 1.06 bits per heavy atom. The van der Waals surface area contributed by atoms with Crippen LogP contribution in [0.4, 0.5) is 0 Å². The van der Waals surface area contributed by atoms with Crippen LogP contribution in [0, 0.1) is 0 Å². The van der Waals surface area contributed by atoms with Crippen LogP contribution in [0.5, 0.6) is 0 Å². The van der Waals surface area contributed by atoms with Crippen molar-refractivity contribution in [3.8, 4) is 0 Å². The summed E-state index contributed by atoms with van der Waals surface area (Å²) in [6, 6.07) is 10.8. The summed E-state index contributed by atoms with van der Waals surface area (Å²) in [6.07, 6.45) is 10.2. The van der Waals surface area contributed by atoms with Crippen LogP contribution in [0.15, 0.2) is 46.9 Å². The highest BCUT2D eigenvalue weighted by atomic mass is 32.2. The van der Waals surface area contributed by atoms with Crippen molar-refractivity contribution in [2.24, 2.45) is 5.73 Å². The van der Waals surface area contributed by atoms with Gasteiger partial charge >= 0.3 is 0 Å². The fraction of sp³-hybridized carbons (Fsp3) is 0.500. The van der Waals surface area contributed by atoms with E-state index in [0.717, 1.165) is 5.75 Å². The van der Waals surface area contributed by atoms with E-state index in [1.807, 2.05) is 11.8 Å². The van der Waals surface area contributed by atoms with E-state index in [9.17, 15) is 0 Å². The van der Waals surface area contributed by atoms with Gasteiger partial charge in [-0.25, -0.2) is 0 Å². The topological polar surface area (TPSA) is 26.0 Å². The highest BCUT2D eigenvalue weighted by molar-refractivity contribution is 7.99. The number of thioether (sulfide) groups is 1. The van der Waals surface area contributed by atoms with Crippen molar-refractivity contribution in [1.29, 1.82) is 0 Å². The Morgan fingerprint density at radius 2 is 1.83 bits per heavy atom. The molecule has 1 atom stereocenters. The third kappa shape index (κ3) is 4.51. The molecule has 2 N–H and O–H groups in total. The molecule has 0 heterocycles. The maximum atomic E-state index is 6.33. The minimum Gasteiger partial charge on any atom is -0.324 e. The summed E-state index contributed by atoms with van der Waals surface area (Å²) in [7, 11) is 0. The first-order valence-corrected chi connectivity index (χ1v) is 7.97. The molecule has 1 aromatic rings. The van der Waals surface area contributed by atoms with Gasteiger partial charge in [-0.05, 0) is 37.8 Å². The van der Waals surface area contributed by atoms with Crippen LogP contribution in [0.25, 0.3) is 0 Å². The lowest BCUT2D eigenvalue weighted by Gasteiger charge is -2.18. The van der Waals surface area contributed by atoms with Gasteiger partial charge in [-0.15, -0.1) is 11.8 Å². The Kier molecular flexibility index (Phi) is 5.82. The predicted octanol–water partition coefficient (Wildman–Crippen LogP) is 4.39. The zero-order chi connectivity index (χ0) is 12.6. The molecule has 1 aliphatic rings. The van der Waals surface area contributed by atoms with Crippen molar-refractivity contribution in [3.05, 3.63) is 42.0 Å². The van der Waals surface area contributed by atoms with Gasteiger partial charge in [0.25, 0.3) is 0 Å². The van der Waals surface area contributed by atoms with Crippen LogP contribution in [0.3, 0.4) is 0 Å². The standard InChI is InChI=1S/C16H23NS/c17-16(13-18-15-11-7-4-8-12-15)14-9-5-2-1-3-6-10-14/h4,7-9,11-12,16H,1-3,5-6,10,13,17H2/b14-9+. The van der Waals surface area contributed by atoms with Crippen molar-refractivity contribution < 1.29 is 0 Å². The van der Waals surface area contributed by atoms with Crippen molar-refractivity contribution in [2.45, 2.75) is 49.5 Å². The molecule has 18 heavy (non-hydrogen) atoms. The predicted molar refractivity (Wildman–Crippen MR) is 80.9 cm³/mol. The molecular formula is C16H23NS. The van der Waals surface area contributed by atoms with Gasteiger partial charge in [-0.3, -0.25) is 0 Å². The SMILES string of the molecule is NC(CSc1ccccc1)/C1=C/CCCCCC1. The van der Waals surface area contributed by atoms with Crippen LogP contribution in [0.2, 0.25) is 0 Å². The molecule has 0 saturated carbocycles. The van der Waals surface area contributed by atoms with E-state index in [0.29, 0.717) is 0 Å². The molecule has 1 aromatic carbocycles. The molecule has 0 bridgehead atoms. The number of rotatable bonds is 4. The van der Waals surface area contributed by atoms with Crippen LogP contribution < -0.4 is 5.73 Å². The molecule has 0 saturated heterocycles. The molecule has 0 spiro atoms. The lowest BCUT2D eigenvalue weighted by molar-refractivity contribution is 0.606. The summed E-state index contributed by atoms with van der Waals surface area (Å²) in [6.45, 7) is 0. The van der Waals surface area contributed by atoms with Gasteiger partial charge in [0.05, 0.1) is 0 Å². The number of hydrogen-bond acceptors (Lipinski definition) is 2. The number of nitrogens with two attached hydrogens (primary N) is 1. The fourth-order valence-corrected chi connectivity index (χ4v) is 3.30. The first kappa shape index (κ1) is 13.7. The average Bonchev–Trinajstić information content (AvgIpc) is 2.37. The van der Waals surface area contributed by atoms with Gasteiger partial charge in [0, 0.05) is 16.7 Å². The van der Waals surface area contributed by atoms with Crippen LogP contribution in [-0.2, 0) is 0 Å². The van der Waals surface area contributed by atoms with Gasteiger partial charge in [-0.2, -0.15) is 0 Å². The summed E-state index contributed by atoms with van der Waals surface area (Å²) in [4.78, 5) is 1.32. The van der Waals surface area contributed by atoms with Crippen molar-refractivity contribution in [3.63, 3.8) is 0 Å². The number of allylic oxidation sites excluding steroid dienone is 1. The van der Waals surface area contributed by atoms with E-state index in [4.69, 9.17) is 5.73 Å². The normalized spacial score (nSPS) is 21.5. The van der Waals surface area contributed by atoms with Gasteiger partial charge in [0.1, 0.15) is 0 Å². The third-order valence-electron chi connectivity index (χ3n) is 3.48. The lowest BCUT2D eigenvalue weighted by atomic mass is 9.96. The van der Waals surface area contributed by atoms with Crippen molar-refractivity contribution in [2.75, 3.05) is 5.75 Å². The Balaban J connectivity index is 1.84. The second-order valence-corrected chi connectivity index (χ2v) is 6.06. The van der Waals surface area contributed by atoms with E-state index >= 15 is 0 Å². The lowest BCUT2D eigenvalue weighted by Crippen LogP contribution is -2.25. The molecule has 2 heteroatoms. The third-order valence-corrected chi connectivity index (χ3v) is 4.61. The molecule has 0 aromatic heterocycles. The first-order valence-electron chi connectivity index (χ1n) is 6.98. The van der Waals surface area contributed by atoms with Crippen molar-refractivity contribution >= 4 is 11.8 Å². The van der Waals surface area contributed by atoms with E-state index in [1.54, 1.807) is 0 Å². The smallest absolute Gasteiger partial charge is 0.0349 e. The van der Waals surface area contributed by atoms with Crippen LogP contribution >= 0.6 is 11.8 Å². The second kappa shape index (κ2) is 7.65. The van der Waals surface area contributed by atoms with Crippen LogP contribution in [-0.4, -0.2) is 11.8 Å². The fourth-order valence-electron chi connectivity index (χ4n) is 2.36. The zero-order valence-electron chi connectivity index (χ0n) is 11.0. The minimum absolute atomic E-state index is 0.230. The largest absolute Gasteiger partial charge is 0.324 e. The summed E-state index contributed by atoms with van der Waals surface area (Å²) >= 11 is 1.87. The Labute approximate surface area is 115 Å². The Morgan fingerprint density at radius 3 is 2.67 bits per heavy atom.